The fourth-order valence-corrected chi connectivity index (χ4v) is 4.73. The lowest BCUT2D eigenvalue weighted by atomic mass is 10.2. The number of nitrogens with zero attached hydrogens (tertiary/aromatic N) is 3. The average Bonchev–Trinajstić information content (AvgIpc) is 3.48. The Kier molecular flexibility index (Phi) is 7.15. The van der Waals surface area contributed by atoms with Crippen molar-refractivity contribution in [3.63, 3.8) is 0 Å². The van der Waals surface area contributed by atoms with Gasteiger partial charge >= 0.3 is 17.9 Å². The lowest BCUT2D eigenvalue weighted by Crippen LogP contribution is -2.48. The van der Waals surface area contributed by atoms with Crippen LogP contribution >= 0.6 is 11.6 Å². The van der Waals surface area contributed by atoms with Crippen molar-refractivity contribution in [2.45, 2.75) is 84.1 Å². The fourth-order valence-electron chi connectivity index (χ4n) is 4.42. The van der Waals surface area contributed by atoms with Crippen molar-refractivity contribution in [1.29, 1.82) is 0 Å². The van der Waals surface area contributed by atoms with E-state index in [0.29, 0.717) is 30.5 Å². The molecule has 1 aromatic heterocycles. The smallest absolute Gasteiger partial charge is 0.427 e. The molecular weight excluding hydrogens is 521 g/mol. The van der Waals surface area contributed by atoms with E-state index in [0.717, 1.165) is 0 Å². The van der Waals surface area contributed by atoms with Gasteiger partial charge in [0.25, 0.3) is 5.56 Å². The predicted octanol–water partition coefficient (Wildman–Crippen LogP) is 3.87. The molecule has 2 aliphatic rings. The van der Waals surface area contributed by atoms with E-state index in [1.54, 1.807) is 46.4 Å². The Hall–Kier alpha value is -3.28. The normalized spacial score (nSPS) is 18.0. The molecule has 2 fully saturated rings. The number of carbonyl (C=O) groups is 2. The summed E-state index contributed by atoms with van der Waals surface area (Å²) in [5.41, 5.74) is -1.28. The monoisotopic (exact) mass is 553 g/mol. The highest BCUT2D eigenvalue weighted by Crippen LogP contribution is 2.40. The Bertz CT molecular complexity index is 1400. The number of hydrogen-bond acceptors (Lipinski definition) is 7. The standard InChI is InChI=1S/C25H33ClFN5O6/c1-24(2,3)37-21(34)28-13-9-10-30(12-13)19-16(26)11-15-18(17(19)27)31(14-7-8-14)23(36)32(20(15)33)29-22(35)38-25(4,5)6/h11,13-14H,7-10,12H2,1-6H3,(H,28,34)(H,29,35). The Labute approximate surface area is 223 Å². The highest BCUT2D eigenvalue weighted by molar-refractivity contribution is 6.34. The molecule has 1 unspecified atom stereocenters. The minimum Gasteiger partial charge on any atom is -0.444 e. The predicted molar refractivity (Wildman–Crippen MR) is 141 cm³/mol. The summed E-state index contributed by atoms with van der Waals surface area (Å²) >= 11 is 6.49. The van der Waals surface area contributed by atoms with Crippen LogP contribution in [0.3, 0.4) is 0 Å². The molecule has 2 heterocycles. The number of anilines is 1. The van der Waals surface area contributed by atoms with Crippen LogP contribution in [0.2, 0.25) is 5.02 Å². The van der Waals surface area contributed by atoms with Crippen LogP contribution in [0.25, 0.3) is 10.9 Å². The second kappa shape index (κ2) is 9.79. The molecule has 1 aliphatic carbocycles. The first-order valence-corrected chi connectivity index (χ1v) is 12.9. The third kappa shape index (κ3) is 5.90. The van der Waals surface area contributed by atoms with Gasteiger partial charge in [0, 0.05) is 19.1 Å². The molecule has 1 saturated carbocycles. The maximum absolute atomic E-state index is 16.2. The summed E-state index contributed by atoms with van der Waals surface area (Å²) in [5, 5.41) is 2.60. The first kappa shape index (κ1) is 27.7. The van der Waals surface area contributed by atoms with Crippen LogP contribution in [0.5, 0.6) is 0 Å². The molecular formula is C25H33ClFN5O6. The van der Waals surface area contributed by atoms with Crippen molar-refractivity contribution < 1.29 is 23.5 Å². The van der Waals surface area contributed by atoms with Crippen LogP contribution in [0, 0.1) is 5.82 Å². The quantitative estimate of drug-likeness (QED) is 0.589. The van der Waals surface area contributed by atoms with E-state index < -0.39 is 40.5 Å². The number of alkyl carbamates (subject to hydrolysis) is 1. The van der Waals surface area contributed by atoms with Gasteiger partial charge in [-0.15, -0.1) is 0 Å². The van der Waals surface area contributed by atoms with E-state index >= 15 is 4.39 Å². The molecule has 4 rings (SSSR count). The molecule has 208 valence electrons. The van der Waals surface area contributed by atoms with Crippen molar-refractivity contribution in [2.75, 3.05) is 23.4 Å². The second-order valence-corrected chi connectivity index (χ2v) is 12.0. The summed E-state index contributed by atoms with van der Waals surface area (Å²) in [7, 11) is 0. The zero-order valence-electron chi connectivity index (χ0n) is 22.3. The molecule has 13 heteroatoms. The molecule has 1 aromatic carbocycles. The highest BCUT2D eigenvalue weighted by atomic mass is 35.5. The highest BCUT2D eigenvalue weighted by Gasteiger charge is 2.34. The molecule has 0 bridgehead atoms. The van der Waals surface area contributed by atoms with Gasteiger partial charge in [-0.3, -0.25) is 9.36 Å². The molecule has 2 aromatic rings. The molecule has 0 spiro atoms. The summed E-state index contributed by atoms with van der Waals surface area (Å²) in [6.45, 7) is 10.8. The Morgan fingerprint density at radius 2 is 1.63 bits per heavy atom. The second-order valence-electron chi connectivity index (χ2n) is 11.6. The molecule has 38 heavy (non-hydrogen) atoms. The first-order chi connectivity index (χ1) is 17.6. The molecule has 0 radical (unpaired) electrons. The van der Waals surface area contributed by atoms with E-state index in [1.807, 2.05) is 0 Å². The maximum Gasteiger partial charge on any atom is 0.427 e. The number of aromatic nitrogens is 2. The summed E-state index contributed by atoms with van der Waals surface area (Å²) in [6, 6.07) is 0.659. The molecule has 2 N–H and O–H groups in total. The number of hydrogen-bond donors (Lipinski definition) is 2. The van der Waals surface area contributed by atoms with Gasteiger partial charge in [-0.1, -0.05) is 11.6 Å². The number of benzene rings is 1. The Morgan fingerprint density at radius 1 is 1.03 bits per heavy atom. The number of ether oxygens (including phenoxy) is 2. The lowest BCUT2D eigenvalue weighted by Gasteiger charge is -2.24. The topological polar surface area (TPSA) is 124 Å². The average molecular weight is 554 g/mol. The van der Waals surface area contributed by atoms with Crippen LogP contribution in [0.1, 0.15) is 66.8 Å². The molecule has 1 saturated heterocycles. The van der Waals surface area contributed by atoms with Crippen molar-refractivity contribution in [2.24, 2.45) is 0 Å². The van der Waals surface area contributed by atoms with Gasteiger partial charge in [-0.2, -0.15) is 4.68 Å². The van der Waals surface area contributed by atoms with Crippen molar-refractivity contribution in [1.82, 2.24) is 14.6 Å². The zero-order chi connectivity index (χ0) is 28.2. The lowest BCUT2D eigenvalue weighted by molar-refractivity contribution is 0.0507. The molecule has 2 amide bonds. The summed E-state index contributed by atoms with van der Waals surface area (Å²) in [5.74, 6) is -0.809. The summed E-state index contributed by atoms with van der Waals surface area (Å²) in [4.78, 5) is 52.8. The molecule has 1 atom stereocenters. The number of carbonyl (C=O) groups excluding carboxylic acids is 2. The molecule has 11 nitrogen and oxygen atoms in total. The van der Waals surface area contributed by atoms with Crippen LogP contribution in [-0.4, -0.2) is 51.8 Å². The van der Waals surface area contributed by atoms with Crippen LogP contribution in [0.4, 0.5) is 19.7 Å². The Balaban J connectivity index is 1.72. The van der Waals surface area contributed by atoms with E-state index in [2.05, 4.69) is 10.7 Å². The fraction of sp³-hybridized carbons (Fsp3) is 0.600. The van der Waals surface area contributed by atoms with Gasteiger partial charge in [0.15, 0.2) is 5.82 Å². The summed E-state index contributed by atoms with van der Waals surface area (Å²) < 4.78 is 28.4. The van der Waals surface area contributed by atoms with E-state index in [-0.39, 0.29) is 40.2 Å². The number of rotatable bonds is 4. The number of halogens is 2. The van der Waals surface area contributed by atoms with Gasteiger partial charge in [-0.05, 0) is 66.9 Å². The minimum absolute atomic E-state index is 0.0326. The molecule has 1 aliphatic heterocycles. The van der Waals surface area contributed by atoms with Gasteiger partial charge in [0.05, 0.1) is 27.7 Å². The Morgan fingerprint density at radius 3 is 2.21 bits per heavy atom. The third-order valence-electron chi connectivity index (χ3n) is 5.98. The SMILES string of the molecule is CC(C)(C)OC(=O)NC1CCN(c2c(Cl)cc3c(=O)n(NC(=O)OC(C)(C)C)c(=O)n(C4CC4)c3c2F)C1. The van der Waals surface area contributed by atoms with Crippen molar-refractivity contribution in [3.05, 3.63) is 37.7 Å². The van der Waals surface area contributed by atoms with Crippen molar-refractivity contribution >= 4 is 40.4 Å². The van der Waals surface area contributed by atoms with Crippen LogP contribution < -0.4 is 26.9 Å². The van der Waals surface area contributed by atoms with E-state index in [1.165, 1.54) is 10.6 Å². The van der Waals surface area contributed by atoms with E-state index in [9.17, 15) is 19.2 Å². The van der Waals surface area contributed by atoms with Gasteiger partial charge < -0.3 is 19.7 Å². The zero-order valence-corrected chi connectivity index (χ0v) is 23.1. The van der Waals surface area contributed by atoms with Crippen molar-refractivity contribution in [3.8, 4) is 0 Å². The largest absolute Gasteiger partial charge is 0.444 e. The first-order valence-electron chi connectivity index (χ1n) is 12.5. The van der Waals surface area contributed by atoms with Crippen LogP contribution in [-0.2, 0) is 9.47 Å². The third-order valence-corrected chi connectivity index (χ3v) is 6.27. The van der Waals surface area contributed by atoms with E-state index in [4.69, 9.17) is 21.1 Å². The van der Waals surface area contributed by atoms with Gasteiger partial charge in [0.2, 0.25) is 0 Å². The number of amides is 2. The van der Waals surface area contributed by atoms with Gasteiger partial charge in [0.1, 0.15) is 11.2 Å². The number of nitrogens with one attached hydrogen (secondary N) is 2. The maximum atomic E-state index is 16.2. The van der Waals surface area contributed by atoms with Crippen LogP contribution in [0.15, 0.2) is 15.7 Å². The van der Waals surface area contributed by atoms with Gasteiger partial charge in [-0.25, -0.2) is 24.2 Å². The number of fused-ring (bicyclic) bond motifs is 1. The summed E-state index contributed by atoms with van der Waals surface area (Å²) in [6.07, 6.45) is 0.173. The minimum atomic E-state index is -0.998.